The molecule has 1 saturated heterocycles. The van der Waals surface area contributed by atoms with Gasteiger partial charge in [0.25, 0.3) is 0 Å². The van der Waals surface area contributed by atoms with Gasteiger partial charge < -0.3 is 15.0 Å². The van der Waals surface area contributed by atoms with Gasteiger partial charge in [-0.3, -0.25) is 0 Å². The molecule has 0 aliphatic carbocycles. The predicted octanol–water partition coefficient (Wildman–Crippen LogP) is 2.39. The summed E-state index contributed by atoms with van der Waals surface area (Å²) in [6.07, 6.45) is 3.20. The molecule has 0 bridgehead atoms. The van der Waals surface area contributed by atoms with Crippen LogP contribution in [-0.4, -0.2) is 42.3 Å². The van der Waals surface area contributed by atoms with E-state index in [4.69, 9.17) is 4.74 Å². The molecule has 1 fully saturated rings. The van der Waals surface area contributed by atoms with Gasteiger partial charge >= 0.3 is 6.09 Å². The highest BCUT2D eigenvalue weighted by Gasteiger charge is 2.29. The van der Waals surface area contributed by atoms with E-state index < -0.39 is 5.60 Å². The van der Waals surface area contributed by atoms with Gasteiger partial charge in [-0.05, 0) is 46.6 Å². The van der Waals surface area contributed by atoms with E-state index in [1.54, 1.807) is 0 Å². The van der Waals surface area contributed by atoms with E-state index in [9.17, 15) is 4.79 Å². The molecule has 1 aliphatic rings. The number of carbonyl (C=O) groups excluding carboxylic acids is 1. The van der Waals surface area contributed by atoms with Crippen LogP contribution in [0.2, 0.25) is 0 Å². The van der Waals surface area contributed by atoms with Gasteiger partial charge in [-0.25, -0.2) is 4.79 Å². The molecule has 17 heavy (non-hydrogen) atoms. The van der Waals surface area contributed by atoms with Crippen molar-refractivity contribution < 1.29 is 9.53 Å². The molecular weight excluding hydrogens is 216 g/mol. The minimum absolute atomic E-state index is 0.167. The molecule has 1 atom stereocenters. The van der Waals surface area contributed by atoms with E-state index in [0.29, 0.717) is 6.04 Å². The predicted molar refractivity (Wildman–Crippen MR) is 69.1 cm³/mol. The molecule has 0 saturated carbocycles. The number of likely N-dealkylation sites (tertiary alicyclic amines) is 1. The lowest BCUT2D eigenvalue weighted by molar-refractivity contribution is 0.0100. The Balaban J connectivity index is 2.54. The zero-order valence-corrected chi connectivity index (χ0v) is 11.6. The van der Waals surface area contributed by atoms with Crippen LogP contribution in [0.4, 0.5) is 4.79 Å². The summed E-state index contributed by atoms with van der Waals surface area (Å²) in [5.41, 5.74) is -0.405. The Labute approximate surface area is 105 Å². The van der Waals surface area contributed by atoms with E-state index in [1.807, 2.05) is 25.7 Å². The van der Waals surface area contributed by atoms with E-state index in [0.717, 1.165) is 32.5 Å². The maximum Gasteiger partial charge on any atom is 0.410 e. The van der Waals surface area contributed by atoms with Crippen LogP contribution in [-0.2, 0) is 4.74 Å². The molecule has 0 aromatic heterocycles. The van der Waals surface area contributed by atoms with Crippen LogP contribution in [0.1, 0.15) is 47.0 Å². The van der Waals surface area contributed by atoms with Gasteiger partial charge in [-0.15, -0.1) is 0 Å². The van der Waals surface area contributed by atoms with Gasteiger partial charge in [0.05, 0.1) is 0 Å². The molecule has 4 nitrogen and oxygen atoms in total. The second-order valence-electron chi connectivity index (χ2n) is 5.63. The topological polar surface area (TPSA) is 41.6 Å². The molecule has 0 unspecified atom stereocenters. The lowest BCUT2D eigenvalue weighted by atomic mass is 10.0. The smallest absolute Gasteiger partial charge is 0.410 e. The van der Waals surface area contributed by atoms with Gasteiger partial charge in [0.1, 0.15) is 5.60 Å². The highest BCUT2D eigenvalue weighted by Crippen LogP contribution is 2.19. The molecule has 0 spiro atoms. The molecule has 1 rings (SSSR count). The van der Waals surface area contributed by atoms with E-state index >= 15 is 0 Å². The Morgan fingerprint density at radius 1 is 1.41 bits per heavy atom. The van der Waals surface area contributed by atoms with Crippen molar-refractivity contribution in [3.8, 4) is 0 Å². The second-order valence-corrected chi connectivity index (χ2v) is 5.63. The fourth-order valence-corrected chi connectivity index (χ4v) is 2.08. The quantitative estimate of drug-likeness (QED) is 0.826. The zero-order valence-electron chi connectivity index (χ0n) is 11.6. The van der Waals surface area contributed by atoms with Gasteiger partial charge in [-0.2, -0.15) is 0 Å². The number of hydrogen-bond donors (Lipinski definition) is 1. The SMILES string of the molecule is CCNC[C@H]1CCCCN1C(=O)OC(C)(C)C. The van der Waals surface area contributed by atoms with Crippen molar-refractivity contribution in [1.82, 2.24) is 10.2 Å². The van der Waals surface area contributed by atoms with Gasteiger partial charge in [0, 0.05) is 19.1 Å². The first-order chi connectivity index (χ1) is 7.94. The highest BCUT2D eigenvalue weighted by atomic mass is 16.6. The van der Waals surface area contributed by atoms with Gasteiger partial charge in [0.2, 0.25) is 0 Å². The Kier molecular flexibility index (Phi) is 5.25. The zero-order chi connectivity index (χ0) is 12.9. The summed E-state index contributed by atoms with van der Waals surface area (Å²) in [5, 5.41) is 3.32. The first kappa shape index (κ1) is 14.3. The van der Waals surface area contributed by atoms with Crippen molar-refractivity contribution in [3.05, 3.63) is 0 Å². The third-order valence-electron chi connectivity index (χ3n) is 2.89. The largest absolute Gasteiger partial charge is 0.444 e. The van der Waals surface area contributed by atoms with Crippen LogP contribution < -0.4 is 5.32 Å². The molecule has 100 valence electrons. The minimum atomic E-state index is -0.405. The third-order valence-corrected chi connectivity index (χ3v) is 2.89. The van der Waals surface area contributed by atoms with Crippen LogP contribution in [0.25, 0.3) is 0 Å². The molecular formula is C13H26N2O2. The Morgan fingerprint density at radius 2 is 2.12 bits per heavy atom. The standard InChI is InChI=1S/C13H26N2O2/c1-5-14-10-11-8-6-7-9-15(11)12(16)17-13(2,3)4/h11,14H,5-10H2,1-4H3/t11-/m1/s1. The minimum Gasteiger partial charge on any atom is -0.444 e. The normalized spacial score (nSPS) is 21.4. The van der Waals surface area contributed by atoms with Crippen molar-refractivity contribution in [1.29, 1.82) is 0 Å². The van der Waals surface area contributed by atoms with Gasteiger partial charge in [0.15, 0.2) is 0 Å². The number of nitrogens with one attached hydrogen (secondary N) is 1. The van der Waals surface area contributed by atoms with E-state index in [-0.39, 0.29) is 6.09 Å². The Morgan fingerprint density at radius 3 is 2.71 bits per heavy atom. The number of likely N-dealkylation sites (N-methyl/N-ethyl adjacent to an activating group) is 1. The number of piperidine rings is 1. The first-order valence-corrected chi connectivity index (χ1v) is 6.64. The van der Waals surface area contributed by atoms with E-state index in [1.165, 1.54) is 6.42 Å². The Bertz CT molecular complexity index is 248. The van der Waals surface area contributed by atoms with Crippen LogP contribution in [0, 0.1) is 0 Å². The Hall–Kier alpha value is -0.770. The van der Waals surface area contributed by atoms with E-state index in [2.05, 4.69) is 12.2 Å². The highest BCUT2D eigenvalue weighted by molar-refractivity contribution is 5.68. The molecule has 0 aromatic rings. The van der Waals surface area contributed by atoms with Crippen LogP contribution >= 0.6 is 0 Å². The van der Waals surface area contributed by atoms with Crippen molar-refractivity contribution in [2.75, 3.05) is 19.6 Å². The molecule has 1 heterocycles. The maximum absolute atomic E-state index is 12.1. The number of hydrogen-bond acceptors (Lipinski definition) is 3. The molecule has 4 heteroatoms. The van der Waals surface area contributed by atoms with Crippen molar-refractivity contribution in [2.24, 2.45) is 0 Å². The fraction of sp³-hybridized carbons (Fsp3) is 0.923. The average Bonchev–Trinajstić information content (AvgIpc) is 2.24. The maximum atomic E-state index is 12.1. The summed E-state index contributed by atoms with van der Waals surface area (Å²) in [6, 6.07) is 0.290. The molecule has 1 aliphatic heterocycles. The molecule has 0 aromatic carbocycles. The van der Waals surface area contributed by atoms with Crippen LogP contribution in [0.3, 0.4) is 0 Å². The van der Waals surface area contributed by atoms with Crippen molar-refractivity contribution in [2.45, 2.75) is 58.6 Å². The number of nitrogens with zero attached hydrogens (tertiary/aromatic N) is 1. The molecule has 0 radical (unpaired) electrons. The number of rotatable bonds is 3. The number of amides is 1. The third kappa shape index (κ3) is 4.94. The number of carbonyl (C=O) groups is 1. The molecule has 1 N–H and O–H groups in total. The van der Waals surface area contributed by atoms with Crippen molar-refractivity contribution in [3.63, 3.8) is 0 Å². The summed E-state index contributed by atoms with van der Waals surface area (Å²) in [7, 11) is 0. The summed E-state index contributed by atoms with van der Waals surface area (Å²) < 4.78 is 5.45. The summed E-state index contributed by atoms with van der Waals surface area (Å²) >= 11 is 0. The fourth-order valence-electron chi connectivity index (χ4n) is 2.08. The number of ether oxygens (including phenoxy) is 1. The van der Waals surface area contributed by atoms with Crippen molar-refractivity contribution >= 4 is 6.09 Å². The molecule has 1 amide bonds. The first-order valence-electron chi connectivity index (χ1n) is 6.64. The summed E-state index contributed by atoms with van der Waals surface area (Å²) in [6.45, 7) is 10.5. The lowest BCUT2D eigenvalue weighted by Crippen LogP contribution is -2.50. The summed E-state index contributed by atoms with van der Waals surface area (Å²) in [5.74, 6) is 0. The average molecular weight is 242 g/mol. The lowest BCUT2D eigenvalue weighted by Gasteiger charge is -2.36. The monoisotopic (exact) mass is 242 g/mol. The second kappa shape index (κ2) is 6.24. The van der Waals surface area contributed by atoms with Gasteiger partial charge in [-0.1, -0.05) is 6.92 Å². The van der Waals surface area contributed by atoms with Crippen LogP contribution in [0.15, 0.2) is 0 Å². The van der Waals surface area contributed by atoms with Crippen LogP contribution in [0.5, 0.6) is 0 Å². The summed E-state index contributed by atoms with van der Waals surface area (Å²) in [4.78, 5) is 13.9.